The lowest BCUT2D eigenvalue weighted by Crippen LogP contribution is -2.35. The van der Waals surface area contributed by atoms with Crippen molar-refractivity contribution >= 4 is 17.9 Å². The summed E-state index contributed by atoms with van der Waals surface area (Å²) < 4.78 is 44.6. The average molecular weight is 414 g/mol. The molecule has 0 aliphatic rings. The molecule has 3 rings (SSSR count). The quantitative estimate of drug-likeness (QED) is 0.588. The third-order valence-electron chi connectivity index (χ3n) is 4.12. The SMILES string of the molecule is O=C(NCc1ccccc1C(F)(F)F)C(=Cc1ccco1)NC(=O)c1ccccc1. The third-order valence-corrected chi connectivity index (χ3v) is 4.12. The first kappa shape index (κ1) is 20.9. The molecule has 30 heavy (non-hydrogen) atoms. The van der Waals surface area contributed by atoms with Gasteiger partial charge in [-0.3, -0.25) is 9.59 Å². The van der Waals surface area contributed by atoms with Gasteiger partial charge in [0.05, 0.1) is 11.8 Å². The van der Waals surface area contributed by atoms with Crippen LogP contribution in [0.1, 0.15) is 27.2 Å². The molecule has 0 saturated heterocycles. The van der Waals surface area contributed by atoms with E-state index in [2.05, 4.69) is 10.6 Å². The van der Waals surface area contributed by atoms with Crippen LogP contribution in [0.2, 0.25) is 0 Å². The predicted molar refractivity (Wildman–Crippen MR) is 104 cm³/mol. The summed E-state index contributed by atoms with van der Waals surface area (Å²) in [6.07, 6.45) is -1.86. The lowest BCUT2D eigenvalue weighted by atomic mass is 10.1. The zero-order valence-electron chi connectivity index (χ0n) is 15.6. The van der Waals surface area contributed by atoms with Crippen LogP contribution in [0.25, 0.3) is 6.08 Å². The first-order valence-corrected chi connectivity index (χ1v) is 8.89. The molecule has 2 amide bonds. The second kappa shape index (κ2) is 9.13. The largest absolute Gasteiger partial charge is 0.465 e. The van der Waals surface area contributed by atoms with E-state index in [4.69, 9.17) is 4.42 Å². The van der Waals surface area contributed by atoms with Crippen molar-refractivity contribution in [1.82, 2.24) is 10.6 Å². The van der Waals surface area contributed by atoms with Gasteiger partial charge in [-0.1, -0.05) is 36.4 Å². The molecule has 0 atom stereocenters. The Morgan fingerprint density at radius 3 is 2.30 bits per heavy atom. The van der Waals surface area contributed by atoms with Gasteiger partial charge in [0.25, 0.3) is 11.8 Å². The van der Waals surface area contributed by atoms with E-state index in [0.717, 1.165) is 6.07 Å². The Kier molecular flexibility index (Phi) is 6.36. The monoisotopic (exact) mass is 414 g/mol. The number of amides is 2. The van der Waals surface area contributed by atoms with Gasteiger partial charge in [-0.15, -0.1) is 0 Å². The van der Waals surface area contributed by atoms with E-state index in [9.17, 15) is 22.8 Å². The molecule has 154 valence electrons. The van der Waals surface area contributed by atoms with Gasteiger partial charge >= 0.3 is 6.18 Å². The minimum Gasteiger partial charge on any atom is -0.465 e. The topological polar surface area (TPSA) is 71.3 Å². The van der Waals surface area contributed by atoms with E-state index in [-0.39, 0.29) is 17.8 Å². The summed E-state index contributed by atoms with van der Waals surface area (Å²) in [5, 5.41) is 4.90. The summed E-state index contributed by atoms with van der Waals surface area (Å²) in [4.78, 5) is 25.1. The van der Waals surface area contributed by atoms with Gasteiger partial charge in [-0.25, -0.2) is 0 Å². The van der Waals surface area contributed by atoms with E-state index in [1.54, 1.807) is 42.5 Å². The molecule has 0 aliphatic carbocycles. The van der Waals surface area contributed by atoms with Crippen molar-refractivity contribution in [1.29, 1.82) is 0 Å². The van der Waals surface area contributed by atoms with Gasteiger partial charge in [0.2, 0.25) is 0 Å². The number of carbonyl (C=O) groups is 2. The number of carbonyl (C=O) groups excluding carboxylic acids is 2. The highest BCUT2D eigenvalue weighted by Crippen LogP contribution is 2.31. The predicted octanol–water partition coefficient (Wildman–Crippen LogP) is 4.39. The van der Waals surface area contributed by atoms with Crippen LogP contribution in [0.15, 0.2) is 83.1 Å². The second-order valence-electron chi connectivity index (χ2n) is 6.23. The van der Waals surface area contributed by atoms with Crippen LogP contribution >= 0.6 is 0 Å². The summed E-state index contributed by atoms with van der Waals surface area (Å²) in [7, 11) is 0. The molecule has 0 fully saturated rings. The number of rotatable bonds is 6. The molecule has 8 heteroatoms. The lowest BCUT2D eigenvalue weighted by Gasteiger charge is -2.14. The fourth-order valence-electron chi connectivity index (χ4n) is 2.68. The van der Waals surface area contributed by atoms with Crippen LogP contribution in [0.3, 0.4) is 0 Å². The third kappa shape index (κ3) is 5.38. The summed E-state index contributed by atoms with van der Waals surface area (Å²) in [5.41, 5.74) is -0.776. The van der Waals surface area contributed by atoms with Crippen LogP contribution in [-0.4, -0.2) is 11.8 Å². The molecule has 0 aliphatic heterocycles. The lowest BCUT2D eigenvalue weighted by molar-refractivity contribution is -0.138. The summed E-state index contributed by atoms with van der Waals surface area (Å²) in [6.45, 7) is -0.370. The highest BCUT2D eigenvalue weighted by atomic mass is 19.4. The number of halogens is 3. The molecule has 0 saturated carbocycles. The van der Waals surface area contributed by atoms with Crippen molar-refractivity contribution in [2.75, 3.05) is 0 Å². The van der Waals surface area contributed by atoms with Gasteiger partial charge < -0.3 is 15.1 Å². The smallest absolute Gasteiger partial charge is 0.416 e. The molecular weight excluding hydrogens is 397 g/mol. The van der Waals surface area contributed by atoms with E-state index in [1.165, 1.54) is 30.5 Å². The van der Waals surface area contributed by atoms with Crippen molar-refractivity contribution in [3.05, 3.63) is 101 Å². The maximum Gasteiger partial charge on any atom is 0.416 e. The first-order valence-electron chi connectivity index (χ1n) is 8.89. The maximum absolute atomic E-state index is 13.1. The van der Waals surface area contributed by atoms with E-state index in [0.29, 0.717) is 11.3 Å². The average Bonchev–Trinajstić information content (AvgIpc) is 3.25. The Morgan fingerprint density at radius 1 is 0.933 bits per heavy atom. The molecule has 2 aromatic carbocycles. The number of furan rings is 1. The van der Waals surface area contributed by atoms with Crippen LogP contribution < -0.4 is 10.6 Å². The number of hydrogen-bond donors (Lipinski definition) is 2. The molecule has 0 bridgehead atoms. The highest BCUT2D eigenvalue weighted by molar-refractivity contribution is 6.05. The Hall–Kier alpha value is -3.81. The Morgan fingerprint density at radius 2 is 1.63 bits per heavy atom. The molecular formula is C22H17F3N2O3. The molecule has 0 unspecified atom stereocenters. The Balaban J connectivity index is 1.79. The van der Waals surface area contributed by atoms with Crippen LogP contribution in [0, 0.1) is 0 Å². The van der Waals surface area contributed by atoms with Gasteiger partial charge in [0.1, 0.15) is 11.5 Å². The van der Waals surface area contributed by atoms with Crippen LogP contribution in [0.4, 0.5) is 13.2 Å². The van der Waals surface area contributed by atoms with Crippen LogP contribution in [-0.2, 0) is 17.5 Å². The van der Waals surface area contributed by atoms with E-state index >= 15 is 0 Å². The Bertz CT molecular complexity index is 1040. The second-order valence-corrected chi connectivity index (χ2v) is 6.23. The minimum atomic E-state index is -4.55. The number of benzene rings is 2. The van der Waals surface area contributed by atoms with Gasteiger partial charge in [0, 0.05) is 18.2 Å². The zero-order valence-corrected chi connectivity index (χ0v) is 15.6. The van der Waals surface area contributed by atoms with Crippen LogP contribution in [0.5, 0.6) is 0 Å². The molecule has 2 N–H and O–H groups in total. The molecule has 1 aromatic heterocycles. The fourth-order valence-corrected chi connectivity index (χ4v) is 2.68. The molecule has 5 nitrogen and oxygen atoms in total. The van der Waals surface area contributed by atoms with Crippen molar-refractivity contribution in [3.8, 4) is 0 Å². The zero-order chi connectivity index (χ0) is 21.6. The van der Waals surface area contributed by atoms with Gasteiger partial charge in [-0.05, 0) is 35.9 Å². The molecule has 3 aromatic rings. The van der Waals surface area contributed by atoms with Crippen molar-refractivity contribution in [2.24, 2.45) is 0 Å². The van der Waals surface area contributed by atoms with E-state index < -0.39 is 23.6 Å². The molecule has 1 heterocycles. The fraction of sp³-hybridized carbons (Fsp3) is 0.0909. The van der Waals surface area contributed by atoms with Crippen molar-refractivity contribution in [2.45, 2.75) is 12.7 Å². The molecule has 0 spiro atoms. The number of nitrogens with one attached hydrogen (secondary N) is 2. The van der Waals surface area contributed by atoms with Gasteiger partial charge in [-0.2, -0.15) is 13.2 Å². The highest BCUT2D eigenvalue weighted by Gasteiger charge is 2.32. The first-order chi connectivity index (χ1) is 14.3. The van der Waals surface area contributed by atoms with E-state index in [1.807, 2.05) is 0 Å². The van der Waals surface area contributed by atoms with Crippen molar-refractivity contribution < 1.29 is 27.2 Å². The van der Waals surface area contributed by atoms with Gasteiger partial charge in [0.15, 0.2) is 0 Å². The van der Waals surface area contributed by atoms with Crippen molar-refractivity contribution in [3.63, 3.8) is 0 Å². The number of hydrogen-bond acceptors (Lipinski definition) is 3. The summed E-state index contributed by atoms with van der Waals surface area (Å²) in [6, 6.07) is 16.3. The minimum absolute atomic E-state index is 0.0925. The Labute approximate surface area is 170 Å². The maximum atomic E-state index is 13.1. The normalized spacial score (nSPS) is 11.8. The number of alkyl halides is 3. The summed E-state index contributed by atoms with van der Waals surface area (Å²) >= 11 is 0. The molecule has 0 radical (unpaired) electrons. The standard InChI is InChI=1S/C22H17F3N2O3/c23-22(24,25)18-11-5-4-9-16(18)14-26-21(29)19(13-17-10-6-12-30-17)27-20(28)15-7-2-1-3-8-15/h1-13H,14H2,(H,26,29)(H,27,28). The summed E-state index contributed by atoms with van der Waals surface area (Å²) in [5.74, 6) is -1.00.